The maximum Gasteiger partial charge on any atom is 0.200 e. The maximum atomic E-state index is 9.95. The zero-order valence-electron chi connectivity index (χ0n) is 10.9. The van der Waals surface area contributed by atoms with Crippen molar-refractivity contribution in [3.05, 3.63) is 0 Å². The lowest BCUT2D eigenvalue weighted by Crippen LogP contribution is -2.17. The molecule has 0 aromatic heterocycles. The van der Waals surface area contributed by atoms with Crippen LogP contribution in [0.1, 0.15) is 0 Å². The molecule has 0 unspecified atom stereocenters. The minimum absolute atomic E-state index is 0.593. The summed E-state index contributed by atoms with van der Waals surface area (Å²) in [6.07, 6.45) is 0. The van der Waals surface area contributed by atoms with E-state index in [9.17, 15) is 35.7 Å². The molecule has 0 amide bonds. The Morgan fingerprint density at radius 3 is 1.23 bits per heavy atom. The molecule has 7 nitrogen and oxygen atoms in total. The van der Waals surface area contributed by atoms with Gasteiger partial charge in [-0.15, -0.1) is 0 Å². The summed E-state index contributed by atoms with van der Waals surface area (Å²) in [6.45, 7) is 0. The SMILES string of the molecule is [B]c1c(O)c(O)c([B])c(-c2c(O)c([B])c(O)c(O)c2O)c1O. The molecule has 2 aromatic carbocycles. The van der Waals surface area contributed by atoms with Gasteiger partial charge >= 0.3 is 0 Å². The van der Waals surface area contributed by atoms with Crippen LogP contribution in [0.2, 0.25) is 0 Å². The average Bonchev–Trinajstić information content (AvgIpc) is 2.50. The zero-order valence-corrected chi connectivity index (χ0v) is 10.9. The molecular weight excluding hydrogens is 289 g/mol. The maximum absolute atomic E-state index is 9.95. The van der Waals surface area contributed by atoms with Crippen molar-refractivity contribution in [3.63, 3.8) is 0 Å². The lowest BCUT2D eigenvalue weighted by molar-refractivity contribution is 0.365. The van der Waals surface area contributed by atoms with Crippen LogP contribution in [0.4, 0.5) is 0 Å². The molecular formula is C12H7B3O7. The standard InChI is InChI=1S/C12H7B3O7/c13-3-1(6(16)4(14)10(20)9(3)19)2-7(17)5(15)11(21)12(22)8(2)18/h16-22H. The zero-order chi connectivity index (χ0) is 16.9. The highest BCUT2D eigenvalue weighted by molar-refractivity contribution is 6.44. The summed E-state index contributed by atoms with van der Waals surface area (Å²) in [6, 6.07) is 0. The molecule has 0 aliphatic rings. The third-order valence-corrected chi connectivity index (χ3v) is 3.18. The van der Waals surface area contributed by atoms with E-state index >= 15 is 0 Å². The van der Waals surface area contributed by atoms with Gasteiger partial charge in [0.1, 0.15) is 40.8 Å². The Morgan fingerprint density at radius 2 is 0.727 bits per heavy atom. The van der Waals surface area contributed by atoms with Gasteiger partial charge in [-0.25, -0.2) is 0 Å². The van der Waals surface area contributed by atoms with Crippen molar-refractivity contribution >= 4 is 39.9 Å². The minimum atomic E-state index is -1.09. The number of benzene rings is 2. The van der Waals surface area contributed by atoms with Crippen molar-refractivity contribution in [3.8, 4) is 51.4 Å². The Kier molecular flexibility index (Phi) is 3.48. The fraction of sp³-hybridized carbons (Fsp3) is 0. The van der Waals surface area contributed by atoms with Crippen LogP contribution in [0.15, 0.2) is 0 Å². The average molecular weight is 296 g/mol. The van der Waals surface area contributed by atoms with E-state index in [2.05, 4.69) is 0 Å². The second kappa shape index (κ2) is 4.90. The molecule has 0 atom stereocenters. The van der Waals surface area contributed by atoms with Crippen molar-refractivity contribution in [2.75, 3.05) is 0 Å². The molecule has 2 rings (SSSR count). The molecule has 0 aliphatic carbocycles. The number of hydrogen-bond donors (Lipinski definition) is 7. The molecule has 0 saturated carbocycles. The van der Waals surface area contributed by atoms with Crippen LogP contribution >= 0.6 is 0 Å². The van der Waals surface area contributed by atoms with Crippen LogP contribution in [0.25, 0.3) is 11.1 Å². The van der Waals surface area contributed by atoms with Crippen LogP contribution in [-0.4, -0.2) is 59.3 Å². The molecule has 22 heavy (non-hydrogen) atoms. The van der Waals surface area contributed by atoms with Gasteiger partial charge < -0.3 is 35.7 Å². The fourth-order valence-corrected chi connectivity index (χ4v) is 1.95. The van der Waals surface area contributed by atoms with E-state index < -0.39 is 67.8 Å². The number of rotatable bonds is 1. The van der Waals surface area contributed by atoms with Gasteiger partial charge in [0.2, 0.25) is 5.75 Å². The molecule has 106 valence electrons. The second-order valence-corrected chi connectivity index (χ2v) is 4.43. The van der Waals surface area contributed by atoms with Gasteiger partial charge in [-0.2, -0.15) is 0 Å². The summed E-state index contributed by atoms with van der Waals surface area (Å²) in [4.78, 5) is 0. The Balaban J connectivity index is 3.03. The van der Waals surface area contributed by atoms with Crippen LogP contribution in [0.5, 0.6) is 40.2 Å². The predicted molar refractivity (Wildman–Crippen MR) is 79.7 cm³/mol. The summed E-state index contributed by atoms with van der Waals surface area (Å²) >= 11 is 0. The van der Waals surface area contributed by atoms with Gasteiger partial charge in [-0.3, -0.25) is 0 Å². The van der Waals surface area contributed by atoms with E-state index in [0.717, 1.165) is 0 Å². The van der Waals surface area contributed by atoms with E-state index in [-0.39, 0.29) is 0 Å². The summed E-state index contributed by atoms with van der Waals surface area (Å²) < 4.78 is 0. The van der Waals surface area contributed by atoms with Gasteiger partial charge in [-0.1, -0.05) is 0 Å². The minimum Gasteiger partial charge on any atom is -0.508 e. The van der Waals surface area contributed by atoms with Crippen LogP contribution in [0, 0.1) is 0 Å². The predicted octanol–water partition coefficient (Wildman–Crippen LogP) is -2.33. The number of aromatic hydroxyl groups is 7. The molecule has 0 saturated heterocycles. The highest BCUT2D eigenvalue weighted by Gasteiger charge is 2.27. The van der Waals surface area contributed by atoms with E-state index in [4.69, 9.17) is 23.5 Å². The third-order valence-electron chi connectivity index (χ3n) is 3.18. The van der Waals surface area contributed by atoms with Crippen molar-refractivity contribution in [1.82, 2.24) is 0 Å². The Morgan fingerprint density at radius 1 is 0.364 bits per heavy atom. The van der Waals surface area contributed by atoms with Crippen molar-refractivity contribution < 1.29 is 35.7 Å². The fourth-order valence-electron chi connectivity index (χ4n) is 1.95. The molecule has 0 fully saturated rings. The molecule has 6 radical (unpaired) electrons. The van der Waals surface area contributed by atoms with Crippen LogP contribution in [0.3, 0.4) is 0 Å². The quantitative estimate of drug-likeness (QED) is 0.178. The first kappa shape index (κ1) is 15.6. The Hall–Kier alpha value is -2.77. The summed E-state index contributed by atoms with van der Waals surface area (Å²) in [7, 11) is 16.3. The highest BCUT2D eigenvalue weighted by atomic mass is 16.3. The van der Waals surface area contributed by atoms with E-state index in [1.54, 1.807) is 0 Å². The second-order valence-electron chi connectivity index (χ2n) is 4.43. The first-order valence-corrected chi connectivity index (χ1v) is 5.68. The smallest absolute Gasteiger partial charge is 0.200 e. The normalized spacial score (nSPS) is 10.7. The molecule has 7 N–H and O–H groups in total. The monoisotopic (exact) mass is 296 g/mol. The Bertz CT molecular complexity index is 679. The molecule has 0 bridgehead atoms. The summed E-state index contributed by atoms with van der Waals surface area (Å²) in [5.41, 5.74) is -3.34. The molecule has 2 aromatic rings. The van der Waals surface area contributed by atoms with Crippen molar-refractivity contribution in [2.45, 2.75) is 0 Å². The lowest BCUT2D eigenvalue weighted by Gasteiger charge is -2.19. The number of phenolic OH excluding ortho intramolecular Hbond substituents is 7. The van der Waals surface area contributed by atoms with Crippen LogP contribution < -0.4 is 16.4 Å². The first-order chi connectivity index (χ1) is 10.1. The number of hydrogen-bond acceptors (Lipinski definition) is 7. The van der Waals surface area contributed by atoms with E-state index in [1.165, 1.54) is 0 Å². The topological polar surface area (TPSA) is 142 Å². The molecule has 0 heterocycles. The lowest BCUT2D eigenvalue weighted by atomic mass is 9.77. The van der Waals surface area contributed by atoms with Gasteiger partial charge in [-0.05, 0) is 16.4 Å². The largest absolute Gasteiger partial charge is 0.508 e. The summed E-state index contributed by atoms with van der Waals surface area (Å²) in [5.74, 6) is -6.80. The molecule has 10 heteroatoms. The van der Waals surface area contributed by atoms with Crippen molar-refractivity contribution in [1.29, 1.82) is 0 Å². The van der Waals surface area contributed by atoms with Crippen LogP contribution in [-0.2, 0) is 0 Å². The van der Waals surface area contributed by atoms with Gasteiger partial charge in [0, 0.05) is 5.56 Å². The van der Waals surface area contributed by atoms with E-state index in [0.29, 0.717) is 0 Å². The van der Waals surface area contributed by atoms with Gasteiger partial charge in [0.05, 0.1) is 5.56 Å². The van der Waals surface area contributed by atoms with Gasteiger partial charge in [0.15, 0.2) is 17.2 Å². The number of phenols is 7. The first-order valence-electron chi connectivity index (χ1n) is 5.68. The Labute approximate surface area is 128 Å². The third kappa shape index (κ3) is 1.87. The van der Waals surface area contributed by atoms with Gasteiger partial charge in [0.25, 0.3) is 0 Å². The highest BCUT2D eigenvalue weighted by Crippen LogP contribution is 2.48. The molecule has 0 aliphatic heterocycles. The molecule has 0 spiro atoms. The van der Waals surface area contributed by atoms with Crippen molar-refractivity contribution in [2.24, 2.45) is 0 Å². The van der Waals surface area contributed by atoms with E-state index in [1.807, 2.05) is 0 Å². The summed E-state index contributed by atoms with van der Waals surface area (Å²) in [5, 5.41) is 67.9.